The van der Waals surface area contributed by atoms with Crippen molar-refractivity contribution in [1.82, 2.24) is 5.32 Å². The largest absolute Gasteiger partial charge is 0.310 e. The minimum atomic E-state index is -0.350. The lowest BCUT2D eigenvalue weighted by atomic mass is 9.94. The summed E-state index contributed by atoms with van der Waals surface area (Å²) in [6, 6.07) is 8.46. The second-order valence-corrected chi connectivity index (χ2v) is 6.08. The molecule has 0 fully saturated rings. The van der Waals surface area contributed by atoms with Gasteiger partial charge in [0, 0.05) is 30.2 Å². The average molecular weight is 246 g/mol. The first-order valence-corrected chi connectivity index (χ1v) is 6.53. The molecule has 3 nitrogen and oxygen atoms in total. The first kappa shape index (κ1) is 13.1. The predicted molar refractivity (Wildman–Crippen MR) is 74.6 cm³/mol. The van der Waals surface area contributed by atoms with Crippen molar-refractivity contribution in [2.24, 2.45) is 5.41 Å². The maximum absolute atomic E-state index is 12.6. The van der Waals surface area contributed by atoms with Gasteiger partial charge in [-0.15, -0.1) is 0 Å². The van der Waals surface area contributed by atoms with Crippen molar-refractivity contribution in [3.8, 4) is 0 Å². The van der Waals surface area contributed by atoms with Crippen molar-refractivity contribution in [1.29, 1.82) is 0 Å². The van der Waals surface area contributed by atoms with Crippen LogP contribution in [-0.4, -0.2) is 18.5 Å². The van der Waals surface area contributed by atoms with Crippen LogP contribution in [0, 0.1) is 5.41 Å². The summed E-state index contributed by atoms with van der Waals surface area (Å²) in [6.07, 6.45) is 0. The van der Waals surface area contributed by atoms with Gasteiger partial charge in [-0.25, -0.2) is 0 Å². The van der Waals surface area contributed by atoms with Crippen LogP contribution >= 0.6 is 0 Å². The van der Waals surface area contributed by atoms with Gasteiger partial charge >= 0.3 is 0 Å². The minimum absolute atomic E-state index is 0.186. The summed E-state index contributed by atoms with van der Waals surface area (Å²) in [4.78, 5) is 14.5. The number of anilines is 1. The van der Waals surface area contributed by atoms with Gasteiger partial charge < -0.3 is 10.2 Å². The van der Waals surface area contributed by atoms with Gasteiger partial charge in [-0.2, -0.15) is 0 Å². The average Bonchev–Trinajstić information content (AvgIpc) is 2.47. The maximum atomic E-state index is 12.6. The zero-order valence-electron chi connectivity index (χ0n) is 11.7. The Morgan fingerprint density at radius 2 is 2.00 bits per heavy atom. The number of hydrogen-bond acceptors (Lipinski definition) is 2. The molecule has 0 saturated heterocycles. The van der Waals surface area contributed by atoms with Gasteiger partial charge in [0.15, 0.2) is 0 Å². The topological polar surface area (TPSA) is 32.3 Å². The van der Waals surface area contributed by atoms with E-state index in [1.165, 1.54) is 5.56 Å². The molecule has 18 heavy (non-hydrogen) atoms. The van der Waals surface area contributed by atoms with Crippen molar-refractivity contribution >= 4 is 11.6 Å². The fraction of sp³-hybridized carbons (Fsp3) is 0.533. The molecule has 1 heterocycles. The molecule has 1 aromatic rings. The highest BCUT2D eigenvalue weighted by Crippen LogP contribution is 2.28. The summed E-state index contributed by atoms with van der Waals surface area (Å²) in [5.74, 6) is 0.186. The van der Waals surface area contributed by atoms with Gasteiger partial charge in [-0.1, -0.05) is 39.0 Å². The third kappa shape index (κ3) is 2.56. The normalized spacial score (nSPS) is 20.2. The van der Waals surface area contributed by atoms with Crippen LogP contribution in [0.25, 0.3) is 0 Å². The van der Waals surface area contributed by atoms with Crippen LogP contribution in [0.3, 0.4) is 0 Å². The number of rotatable bonds is 0. The highest BCUT2D eigenvalue weighted by molar-refractivity contribution is 5.97. The number of fused-ring (bicyclic) bond motifs is 1. The zero-order valence-corrected chi connectivity index (χ0v) is 11.7. The number of benzene rings is 1. The van der Waals surface area contributed by atoms with E-state index in [0.717, 1.165) is 18.8 Å². The van der Waals surface area contributed by atoms with Gasteiger partial charge in [-0.05, 0) is 18.6 Å². The van der Waals surface area contributed by atoms with Gasteiger partial charge in [0.05, 0.1) is 0 Å². The third-order valence-electron chi connectivity index (χ3n) is 3.27. The fourth-order valence-electron chi connectivity index (χ4n) is 2.24. The van der Waals surface area contributed by atoms with Crippen LogP contribution in [0.15, 0.2) is 24.3 Å². The number of hydrogen-bond donors (Lipinski definition) is 1. The third-order valence-corrected chi connectivity index (χ3v) is 3.27. The smallest absolute Gasteiger partial charge is 0.232 e. The van der Waals surface area contributed by atoms with Crippen LogP contribution in [0.4, 0.5) is 5.69 Å². The number of nitrogens with zero attached hydrogens (tertiary/aromatic N) is 1. The van der Waals surface area contributed by atoms with Crippen molar-refractivity contribution in [3.63, 3.8) is 0 Å². The van der Waals surface area contributed by atoms with Gasteiger partial charge in [-0.3, -0.25) is 4.79 Å². The van der Waals surface area contributed by atoms with Gasteiger partial charge in [0.2, 0.25) is 5.91 Å². The van der Waals surface area contributed by atoms with Crippen molar-refractivity contribution in [2.75, 3.05) is 11.4 Å². The standard InChI is InChI=1S/C15H22N2O/c1-11-10-17(14(18)15(2,3)4)13-8-6-5-7-12(13)9-16-11/h5-8,11,16H,9-10H2,1-4H3. The molecular formula is C15H22N2O. The number of amides is 1. The Hall–Kier alpha value is -1.35. The first-order chi connectivity index (χ1) is 8.39. The quantitative estimate of drug-likeness (QED) is 0.763. The molecule has 0 aliphatic carbocycles. The SMILES string of the molecule is CC1CN(C(=O)C(C)(C)C)c2ccccc2CN1. The lowest BCUT2D eigenvalue weighted by Gasteiger charge is -2.30. The number of carbonyl (C=O) groups excluding carboxylic acids is 1. The van der Waals surface area contributed by atoms with Crippen LogP contribution in [0.2, 0.25) is 0 Å². The molecule has 0 bridgehead atoms. The van der Waals surface area contributed by atoms with E-state index >= 15 is 0 Å². The van der Waals surface area contributed by atoms with Crippen molar-refractivity contribution in [2.45, 2.75) is 40.3 Å². The summed E-state index contributed by atoms with van der Waals surface area (Å²) in [5.41, 5.74) is 1.89. The molecule has 1 N–H and O–H groups in total. The molecule has 1 aromatic carbocycles. The van der Waals surface area contributed by atoms with E-state index in [4.69, 9.17) is 0 Å². The van der Waals surface area contributed by atoms with E-state index in [9.17, 15) is 4.79 Å². The minimum Gasteiger partial charge on any atom is -0.310 e. The molecule has 1 atom stereocenters. The lowest BCUT2D eigenvalue weighted by molar-refractivity contribution is -0.125. The van der Waals surface area contributed by atoms with E-state index in [1.54, 1.807) is 0 Å². The molecule has 1 aliphatic heterocycles. The fourth-order valence-corrected chi connectivity index (χ4v) is 2.24. The summed E-state index contributed by atoms with van der Waals surface area (Å²) in [6.45, 7) is 9.59. The second-order valence-electron chi connectivity index (χ2n) is 6.08. The highest BCUT2D eigenvalue weighted by Gasteiger charge is 2.31. The summed E-state index contributed by atoms with van der Waals surface area (Å²) in [5, 5.41) is 3.44. The molecule has 1 unspecified atom stereocenters. The monoisotopic (exact) mass is 246 g/mol. The molecule has 0 spiro atoms. The Kier molecular flexibility index (Phi) is 3.44. The molecule has 2 rings (SSSR count). The molecule has 0 saturated carbocycles. The van der Waals surface area contributed by atoms with E-state index in [0.29, 0.717) is 6.04 Å². The maximum Gasteiger partial charge on any atom is 0.232 e. The predicted octanol–water partition coefficient (Wildman–Crippen LogP) is 2.56. The van der Waals surface area contributed by atoms with Crippen LogP contribution in [-0.2, 0) is 11.3 Å². The Bertz CT molecular complexity index is 448. The Balaban J connectivity index is 2.42. The van der Waals surface area contributed by atoms with Gasteiger partial charge in [0.1, 0.15) is 0 Å². The summed E-state index contributed by atoms with van der Waals surface area (Å²) >= 11 is 0. The molecule has 3 heteroatoms. The van der Waals surface area contributed by atoms with E-state index in [-0.39, 0.29) is 11.3 Å². The summed E-state index contributed by atoms with van der Waals surface area (Å²) in [7, 11) is 0. The number of nitrogens with one attached hydrogen (secondary N) is 1. The van der Waals surface area contributed by atoms with E-state index in [2.05, 4.69) is 18.3 Å². The zero-order chi connectivity index (χ0) is 13.3. The second kappa shape index (κ2) is 4.73. The number of para-hydroxylation sites is 1. The van der Waals surface area contributed by atoms with E-state index < -0.39 is 0 Å². The molecule has 1 amide bonds. The van der Waals surface area contributed by atoms with Crippen molar-refractivity contribution in [3.05, 3.63) is 29.8 Å². The van der Waals surface area contributed by atoms with Crippen LogP contribution in [0.5, 0.6) is 0 Å². The molecular weight excluding hydrogens is 224 g/mol. The molecule has 0 aromatic heterocycles. The van der Waals surface area contributed by atoms with Crippen molar-refractivity contribution < 1.29 is 4.79 Å². The highest BCUT2D eigenvalue weighted by atomic mass is 16.2. The van der Waals surface area contributed by atoms with E-state index in [1.807, 2.05) is 43.9 Å². The van der Waals surface area contributed by atoms with Crippen LogP contribution in [0.1, 0.15) is 33.3 Å². The summed E-state index contributed by atoms with van der Waals surface area (Å²) < 4.78 is 0. The lowest BCUT2D eigenvalue weighted by Crippen LogP contribution is -2.44. The Labute approximate surface area is 109 Å². The molecule has 1 aliphatic rings. The molecule has 98 valence electrons. The Morgan fingerprint density at radius 3 is 2.67 bits per heavy atom. The molecule has 0 radical (unpaired) electrons. The number of carbonyl (C=O) groups is 1. The van der Waals surface area contributed by atoms with Gasteiger partial charge in [0.25, 0.3) is 0 Å². The van der Waals surface area contributed by atoms with Crippen LogP contribution < -0.4 is 10.2 Å². The Morgan fingerprint density at radius 1 is 1.33 bits per heavy atom. The first-order valence-electron chi connectivity index (χ1n) is 6.53.